The fourth-order valence-corrected chi connectivity index (χ4v) is 14.4. The molecule has 376 valence electrons. The molecule has 3 aromatic rings. The number of alkyl carbamates (subject to hydrolysis) is 1. The fourth-order valence-electron chi connectivity index (χ4n) is 14.4. The lowest BCUT2D eigenvalue weighted by molar-refractivity contribution is -0.130. The van der Waals surface area contributed by atoms with Gasteiger partial charge in [0.25, 0.3) is 0 Å². The van der Waals surface area contributed by atoms with Gasteiger partial charge in [-0.05, 0) is 145 Å². The Morgan fingerprint density at radius 3 is 2.13 bits per heavy atom. The van der Waals surface area contributed by atoms with Gasteiger partial charge in [0.1, 0.15) is 23.2 Å². The SMILES string of the molecule is COc1ccc(C(OC[C@H]2CN(C(=O)CCCCCNC(=O)O[C@H]3CC[C@@]4(C)C(=CCC5C4CC[C@@]4(C)C5CC[C@@H]4C(C)CCCC(C)C)C3)CC2O)(c2ccccc2)c2ccc(OC)cc2)cc1. The number of unbranched alkanes of at least 4 members (excludes halogenated alkanes) is 2. The summed E-state index contributed by atoms with van der Waals surface area (Å²) in [5, 5.41) is 14.3. The number of amides is 2. The standard InChI is InChI=1S/C60H84N2O7/c1-41(2)15-14-16-42(3)52-30-31-53-51-29-24-47-37-50(32-34-58(47,4)54(51)33-35-59(52,53)5)69-57(65)61-36-13-9-12-19-56(64)62-38-43(55(63)39-62)40-68-60(44-17-10-8-11-18-44,45-20-25-48(66-6)26-21-45)46-22-27-49(67-7)28-23-46/h8,10-11,17-18,20-28,41-43,50-55,63H,9,12-16,19,29-40H2,1-7H3,(H,61,65)/t42?,43-,50+,51?,52-,53?,54?,55?,58+,59-/m1/s1. The first-order valence-corrected chi connectivity index (χ1v) is 26.9. The number of allylic oxidation sites excluding steroid dienone is 1. The molecule has 1 saturated heterocycles. The smallest absolute Gasteiger partial charge is 0.407 e. The molecule has 8 rings (SSSR count). The second-order valence-electron chi connectivity index (χ2n) is 22.7. The molecule has 1 aliphatic heterocycles. The van der Waals surface area contributed by atoms with E-state index in [1.54, 1.807) is 24.7 Å². The number of carbonyl (C=O) groups excluding carboxylic acids is 2. The zero-order valence-corrected chi connectivity index (χ0v) is 43.1. The Hall–Kier alpha value is -4.34. The van der Waals surface area contributed by atoms with Crippen LogP contribution in [0.1, 0.15) is 148 Å². The van der Waals surface area contributed by atoms with E-state index in [2.05, 4.69) is 58.1 Å². The number of benzene rings is 3. The van der Waals surface area contributed by atoms with E-state index in [0.29, 0.717) is 31.3 Å². The van der Waals surface area contributed by atoms with Crippen LogP contribution >= 0.6 is 0 Å². The van der Waals surface area contributed by atoms with Crippen LogP contribution in [0.15, 0.2) is 90.5 Å². The van der Waals surface area contributed by atoms with Crippen LogP contribution in [0.25, 0.3) is 0 Å². The van der Waals surface area contributed by atoms with Gasteiger partial charge in [0.05, 0.1) is 26.9 Å². The van der Waals surface area contributed by atoms with Gasteiger partial charge in [-0.1, -0.05) is 127 Å². The zero-order chi connectivity index (χ0) is 48.8. The number of ether oxygens (including phenoxy) is 4. The van der Waals surface area contributed by atoms with Crippen molar-refractivity contribution in [1.29, 1.82) is 0 Å². The van der Waals surface area contributed by atoms with Gasteiger partial charge >= 0.3 is 6.09 Å². The molecule has 0 bridgehead atoms. The lowest BCUT2D eigenvalue weighted by atomic mass is 9.47. The lowest BCUT2D eigenvalue weighted by Gasteiger charge is -2.58. The summed E-state index contributed by atoms with van der Waals surface area (Å²) in [5.74, 6) is 6.14. The van der Waals surface area contributed by atoms with E-state index in [1.807, 2.05) is 66.7 Å². The molecule has 3 aromatic carbocycles. The largest absolute Gasteiger partial charge is 0.497 e. The first-order valence-electron chi connectivity index (χ1n) is 26.9. The van der Waals surface area contributed by atoms with Crippen molar-refractivity contribution in [3.8, 4) is 11.5 Å². The first kappa shape index (κ1) is 51.0. The Balaban J connectivity index is 0.774. The fraction of sp³-hybridized carbons (Fsp3) is 0.633. The molecule has 0 radical (unpaired) electrons. The van der Waals surface area contributed by atoms with Gasteiger partial charge < -0.3 is 34.3 Å². The number of β-amino-alcohol motifs (C(OH)–C–C–N with tert-alkyl or cyclic N) is 1. The highest BCUT2D eigenvalue weighted by Gasteiger charge is 2.59. The van der Waals surface area contributed by atoms with E-state index in [0.717, 1.165) is 95.8 Å². The molecule has 4 fully saturated rings. The molecule has 4 aliphatic carbocycles. The molecular formula is C60H84N2O7. The van der Waals surface area contributed by atoms with E-state index in [4.69, 9.17) is 18.9 Å². The number of methoxy groups -OCH3 is 2. The number of likely N-dealkylation sites (tertiary alicyclic amines) is 1. The number of rotatable bonds is 20. The van der Waals surface area contributed by atoms with Crippen molar-refractivity contribution in [1.82, 2.24) is 10.2 Å². The van der Waals surface area contributed by atoms with E-state index < -0.39 is 11.7 Å². The lowest BCUT2D eigenvalue weighted by Crippen LogP contribution is -2.51. The summed E-state index contributed by atoms with van der Waals surface area (Å²) in [7, 11) is 3.30. The van der Waals surface area contributed by atoms with Gasteiger partial charge in [-0.15, -0.1) is 0 Å². The third kappa shape index (κ3) is 11.0. The molecule has 2 N–H and O–H groups in total. The van der Waals surface area contributed by atoms with E-state index in [1.165, 1.54) is 51.4 Å². The Kier molecular flexibility index (Phi) is 16.6. The van der Waals surface area contributed by atoms with Crippen LogP contribution in [-0.4, -0.2) is 74.7 Å². The number of nitrogens with zero attached hydrogens (tertiary/aromatic N) is 1. The van der Waals surface area contributed by atoms with Crippen LogP contribution < -0.4 is 14.8 Å². The quantitative estimate of drug-likeness (QED) is 0.0660. The average molecular weight is 945 g/mol. The van der Waals surface area contributed by atoms with Crippen LogP contribution in [0.4, 0.5) is 4.79 Å². The van der Waals surface area contributed by atoms with Crippen LogP contribution in [0.5, 0.6) is 11.5 Å². The van der Waals surface area contributed by atoms with Crippen LogP contribution in [0.3, 0.4) is 0 Å². The molecule has 3 saturated carbocycles. The summed E-state index contributed by atoms with van der Waals surface area (Å²) < 4.78 is 24.1. The number of fused-ring (bicyclic) bond motifs is 5. The Morgan fingerprint density at radius 1 is 0.783 bits per heavy atom. The molecule has 9 nitrogen and oxygen atoms in total. The highest BCUT2D eigenvalue weighted by atomic mass is 16.6. The van der Waals surface area contributed by atoms with Crippen molar-refractivity contribution in [2.75, 3.05) is 40.5 Å². The number of nitrogens with one attached hydrogen (secondary N) is 1. The summed E-state index contributed by atoms with van der Waals surface area (Å²) in [6.45, 7) is 14.0. The molecule has 5 aliphatic rings. The maximum absolute atomic E-state index is 13.5. The van der Waals surface area contributed by atoms with Crippen LogP contribution in [0, 0.1) is 52.3 Å². The van der Waals surface area contributed by atoms with Gasteiger partial charge in [0.2, 0.25) is 5.91 Å². The van der Waals surface area contributed by atoms with Gasteiger partial charge in [-0.3, -0.25) is 4.79 Å². The van der Waals surface area contributed by atoms with Crippen molar-refractivity contribution in [2.45, 2.75) is 149 Å². The van der Waals surface area contributed by atoms with Crippen LogP contribution in [-0.2, 0) is 19.9 Å². The van der Waals surface area contributed by atoms with E-state index in [9.17, 15) is 14.7 Å². The Morgan fingerprint density at radius 2 is 1.46 bits per heavy atom. The topological polar surface area (TPSA) is 107 Å². The summed E-state index contributed by atoms with van der Waals surface area (Å²) in [4.78, 5) is 28.3. The van der Waals surface area contributed by atoms with Crippen molar-refractivity contribution in [3.63, 3.8) is 0 Å². The molecule has 1 heterocycles. The third-order valence-electron chi connectivity index (χ3n) is 18.3. The number of hydrogen-bond acceptors (Lipinski definition) is 7. The molecule has 0 aromatic heterocycles. The normalized spacial score (nSPS) is 29.1. The average Bonchev–Trinajstić information content (AvgIpc) is 3.92. The third-order valence-corrected chi connectivity index (χ3v) is 18.3. The predicted molar refractivity (Wildman–Crippen MR) is 274 cm³/mol. The molecule has 69 heavy (non-hydrogen) atoms. The highest BCUT2D eigenvalue weighted by Crippen LogP contribution is 2.67. The number of aliphatic hydroxyl groups is 1. The summed E-state index contributed by atoms with van der Waals surface area (Å²) in [6.07, 6.45) is 18.0. The summed E-state index contributed by atoms with van der Waals surface area (Å²) >= 11 is 0. The second kappa shape index (κ2) is 22.4. The molecule has 5 unspecified atom stereocenters. The minimum Gasteiger partial charge on any atom is -0.497 e. The number of hydrogen-bond donors (Lipinski definition) is 2. The minimum atomic E-state index is -1.00. The van der Waals surface area contributed by atoms with E-state index in [-0.39, 0.29) is 42.6 Å². The van der Waals surface area contributed by atoms with Gasteiger partial charge in [-0.2, -0.15) is 0 Å². The Labute approximate surface area is 414 Å². The molecule has 0 spiro atoms. The molecule has 2 amide bonds. The van der Waals surface area contributed by atoms with E-state index >= 15 is 0 Å². The number of aliphatic hydroxyl groups excluding tert-OH is 1. The van der Waals surface area contributed by atoms with Gasteiger partial charge in [0, 0.05) is 38.4 Å². The summed E-state index contributed by atoms with van der Waals surface area (Å²) in [5.41, 5.74) is 4.04. The summed E-state index contributed by atoms with van der Waals surface area (Å²) in [6, 6.07) is 25.9. The van der Waals surface area contributed by atoms with Crippen molar-refractivity contribution in [2.24, 2.45) is 52.3 Å². The minimum absolute atomic E-state index is 0.0352. The van der Waals surface area contributed by atoms with Crippen LogP contribution in [0.2, 0.25) is 0 Å². The maximum Gasteiger partial charge on any atom is 0.407 e. The zero-order valence-electron chi connectivity index (χ0n) is 43.1. The molecule has 9 heteroatoms. The number of carbonyl (C=O) groups is 2. The van der Waals surface area contributed by atoms with Crippen molar-refractivity contribution >= 4 is 12.0 Å². The van der Waals surface area contributed by atoms with Gasteiger partial charge in [0.15, 0.2) is 0 Å². The first-order chi connectivity index (χ1) is 33.3. The second-order valence-corrected chi connectivity index (χ2v) is 22.7. The predicted octanol–water partition coefficient (Wildman–Crippen LogP) is 12.5. The van der Waals surface area contributed by atoms with Crippen molar-refractivity contribution < 1.29 is 33.6 Å². The highest BCUT2D eigenvalue weighted by molar-refractivity contribution is 5.76. The van der Waals surface area contributed by atoms with Gasteiger partial charge in [-0.25, -0.2) is 4.79 Å². The monoisotopic (exact) mass is 945 g/mol. The maximum atomic E-state index is 13.5. The van der Waals surface area contributed by atoms with Crippen molar-refractivity contribution in [3.05, 3.63) is 107 Å². The Bertz CT molecular complexity index is 2130. The molecular weight excluding hydrogens is 861 g/mol. The molecule has 10 atom stereocenters.